The van der Waals surface area contributed by atoms with Crippen molar-refractivity contribution < 1.29 is 5.11 Å². The lowest BCUT2D eigenvalue weighted by Gasteiger charge is -2.24. The lowest BCUT2D eigenvalue weighted by molar-refractivity contribution is 0.0651. The summed E-state index contributed by atoms with van der Waals surface area (Å²) in [6.45, 7) is 2.70. The zero-order valence-corrected chi connectivity index (χ0v) is 11.3. The number of nitrogens with one attached hydrogen (secondary N) is 1. The van der Waals surface area contributed by atoms with Gasteiger partial charge in [0.25, 0.3) is 0 Å². The third-order valence-electron chi connectivity index (χ3n) is 3.36. The highest BCUT2D eigenvalue weighted by Gasteiger charge is 2.31. The predicted molar refractivity (Wildman–Crippen MR) is 74.5 cm³/mol. The van der Waals surface area contributed by atoms with E-state index in [2.05, 4.69) is 18.3 Å². The van der Waals surface area contributed by atoms with Gasteiger partial charge < -0.3 is 10.4 Å². The van der Waals surface area contributed by atoms with Crippen LogP contribution in [0.25, 0.3) is 0 Å². The lowest BCUT2D eigenvalue weighted by atomic mass is 10.0. The molecular weight excluding hydrogens is 244 g/mol. The second-order valence-electron chi connectivity index (χ2n) is 4.86. The van der Waals surface area contributed by atoms with Gasteiger partial charge in [0, 0.05) is 18.3 Å². The molecule has 2 atom stereocenters. The Morgan fingerprint density at radius 2 is 2.22 bits per heavy atom. The van der Waals surface area contributed by atoms with Crippen LogP contribution in [0.2, 0.25) is 0 Å². The molecule has 1 fully saturated rings. The summed E-state index contributed by atoms with van der Waals surface area (Å²) >= 11 is 1.81. The molecule has 1 aliphatic rings. The number of thioether (sulfide) groups is 1. The average molecular weight is 262 g/mol. The number of nitriles is 1. The maximum absolute atomic E-state index is 10.2. The van der Waals surface area contributed by atoms with E-state index in [4.69, 9.17) is 5.26 Å². The Kier molecular flexibility index (Phi) is 4.28. The molecule has 1 aliphatic heterocycles. The Morgan fingerprint density at radius 3 is 2.78 bits per heavy atom. The summed E-state index contributed by atoms with van der Waals surface area (Å²) in [5.41, 5.74) is 1.27. The van der Waals surface area contributed by atoms with Crippen LogP contribution >= 0.6 is 11.8 Å². The number of nitrogens with zero attached hydrogens (tertiary/aromatic N) is 1. The Balaban J connectivity index is 1.91. The Labute approximate surface area is 112 Å². The summed E-state index contributed by atoms with van der Waals surface area (Å²) < 4.78 is 0. The molecule has 1 heterocycles. The van der Waals surface area contributed by atoms with Gasteiger partial charge in [-0.1, -0.05) is 12.1 Å². The van der Waals surface area contributed by atoms with E-state index in [1.807, 2.05) is 36.0 Å². The van der Waals surface area contributed by atoms with Gasteiger partial charge in [0.2, 0.25) is 0 Å². The van der Waals surface area contributed by atoms with Gasteiger partial charge >= 0.3 is 0 Å². The first-order valence-corrected chi connectivity index (χ1v) is 7.32. The monoisotopic (exact) mass is 262 g/mol. The molecule has 1 aromatic carbocycles. The van der Waals surface area contributed by atoms with E-state index in [1.165, 1.54) is 0 Å². The number of benzene rings is 1. The highest BCUT2D eigenvalue weighted by Crippen LogP contribution is 2.27. The second kappa shape index (κ2) is 5.75. The van der Waals surface area contributed by atoms with Crippen LogP contribution in [0.3, 0.4) is 0 Å². The Bertz CT molecular complexity index is 432. The highest BCUT2D eigenvalue weighted by atomic mass is 32.2. The fourth-order valence-corrected chi connectivity index (χ4v) is 3.34. The first-order valence-electron chi connectivity index (χ1n) is 6.16. The van der Waals surface area contributed by atoms with Crippen LogP contribution in [-0.4, -0.2) is 28.8 Å². The smallest absolute Gasteiger partial charge is 0.0991 e. The molecule has 3 nitrogen and oxygen atoms in total. The molecule has 1 aromatic rings. The topological polar surface area (TPSA) is 56.0 Å². The van der Waals surface area contributed by atoms with Crippen molar-refractivity contribution in [2.45, 2.75) is 25.0 Å². The molecule has 0 saturated carbocycles. The molecular formula is C14H18N2OS. The van der Waals surface area contributed by atoms with Crippen molar-refractivity contribution in [3.05, 3.63) is 35.4 Å². The van der Waals surface area contributed by atoms with Gasteiger partial charge in [-0.25, -0.2) is 0 Å². The van der Waals surface area contributed by atoms with Crippen LogP contribution in [0.4, 0.5) is 0 Å². The first-order chi connectivity index (χ1) is 8.63. The van der Waals surface area contributed by atoms with Crippen LogP contribution < -0.4 is 5.32 Å². The fourth-order valence-electron chi connectivity index (χ4n) is 2.04. The van der Waals surface area contributed by atoms with Crippen LogP contribution in [-0.2, 0) is 0 Å². The SMILES string of the molecule is CC(NCC1(O)CCSC1)c1ccc(C#N)cc1. The Morgan fingerprint density at radius 1 is 1.50 bits per heavy atom. The molecule has 96 valence electrons. The van der Waals surface area contributed by atoms with E-state index in [0.29, 0.717) is 12.1 Å². The number of hydrogen-bond donors (Lipinski definition) is 2. The maximum atomic E-state index is 10.2. The predicted octanol–water partition coefficient (Wildman–Crippen LogP) is 2.08. The van der Waals surface area contributed by atoms with Crippen LogP contribution in [0, 0.1) is 11.3 Å². The van der Waals surface area contributed by atoms with Crippen molar-refractivity contribution in [3.8, 4) is 6.07 Å². The van der Waals surface area contributed by atoms with Gasteiger partial charge in [-0.15, -0.1) is 0 Å². The molecule has 1 saturated heterocycles. The summed E-state index contributed by atoms with van der Waals surface area (Å²) in [6.07, 6.45) is 0.866. The van der Waals surface area contributed by atoms with Crippen molar-refractivity contribution in [1.29, 1.82) is 5.26 Å². The van der Waals surface area contributed by atoms with E-state index in [9.17, 15) is 5.11 Å². The minimum absolute atomic E-state index is 0.187. The first kappa shape index (κ1) is 13.4. The third-order valence-corrected chi connectivity index (χ3v) is 4.59. The molecule has 0 radical (unpaired) electrons. The second-order valence-corrected chi connectivity index (χ2v) is 5.97. The summed E-state index contributed by atoms with van der Waals surface area (Å²) in [4.78, 5) is 0. The molecule has 0 aliphatic carbocycles. The zero-order chi connectivity index (χ0) is 13.0. The number of hydrogen-bond acceptors (Lipinski definition) is 4. The van der Waals surface area contributed by atoms with Crippen molar-refractivity contribution in [2.24, 2.45) is 0 Å². The summed E-state index contributed by atoms with van der Waals surface area (Å²) in [7, 11) is 0. The van der Waals surface area contributed by atoms with Gasteiger partial charge in [0.05, 0.1) is 17.2 Å². The van der Waals surface area contributed by atoms with Crippen LogP contribution in [0.5, 0.6) is 0 Å². The molecule has 0 aromatic heterocycles. The lowest BCUT2D eigenvalue weighted by Crippen LogP contribution is -2.41. The van der Waals surface area contributed by atoms with Gasteiger partial charge in [-0.3, -0.25) is 0 Å². The van der Waals surface area contributed by atoms with E-state index >= 15 is 0 Å². The van der Waals surface area contributed by atoms with E-state index in [0.717, 1.165) is 23.5 Å². The van der Waals surface area contributed by atoms with Crippen molar-refractivity contribution >= 4 is 11.8 Å². The molecule has 0 bridgehead atoms. The largest absolute Gasteiger partial charge is 0.388 e. The third kappa shape index (κ3) is 3.26. The standard InChI is InChI=1S/C14H18N2OS/c1-11(13-4-2-12(8-15)3-5-13)16-9-14(17)6-7-18-10-14/h2-5,11,16-17H,6-7,9-10H2,1H3. The maximum Gasteiger partial charge on any atom is 0.0991 e. The number of rotatable bonds is 4. The molecule has 18 heavy (non-hydrogen) atoms. The molecule has 2 N–H and O–H groups in total. The molecule has 2 rings (SSSR count). The minimum atomic E-state index is -0.550. The quantitative estimate of drug-likeness (QED) is 0.872. The van der Waals surface area contributed by atoms with E-state index in [-0.39, 0.29) is 6.04 Å². The summed E-state index contributed by atoms with van der Waals surface area (Å²) in [6, 6.07) is 9.88. The van der Waals surface area contributed by atoms with Crippen molar-refractivity contribution in [3.63, 3.8) is 0 Å². The van der Waals surface area contributed by atoms with E-state index < -0.39 is 5.60 Å². The summed E-state index contributed by atoms with van der Waals surface area (Å²) in [5.74, 6) is 1.86. The van der Waals surface area contributed by atoms with Gasteiger partial charge in [0.15, 0.2) is 0 Å². The van der Waals surface area contributed by atoms with Gasteiger partial charge in [-0.05, 0) is 36.8 Å². The zero-order valence-electron chi connectivity index (χ0n) is 10.5. The van der Waals surface area contributed by atoms with Gasteiger partial charge in [-0.2, -0.15) is 17.0 Å². The molecule has 4 heteroatoms. The number of aliphatic hydroxyl groups is 1. The fraction of sp³-hybridized carbons (Fsp3) is 0.500. The van der Waals surface area contributed by atoms with E-state index in [1.54, 1.807) is 0 Å². The molecule has 0 amide bonds. The summed E-state index contributed by atoms with van der Waals surface area (Å²) in [5, 5.41) is 22.4. The normalized spacial score (nSPS) is 24.7. The minimum Gasteiger partial charge on any atom is -0.388 e. The Hall–Kier alpha value is -1.02. The van der Waals surface area contributed by atoms with Crippen molar-refractivity contribution in [1.82, 2.24) is 5.32 Å². The van der Waals surface area contributed by atoms with Gasteiger partial charge in [0.1, 0.15) is 0 Å². The average Bonchev–Trinajstić information content (AvgIpc) is 2.83. The molecule has 2 unspecified atom stereocenters. The highest BCUT2D eigenvalue weighted by molar-refractivity contribution is 7.99. The van der Waals surface area contributed by atoms with Crippen molar-refractivity contribution in [2.75, 3.05) is 18.1 Å². The van der Waals surface area contributed by atoms with Crippen LogP contribution in [0.1, 0.15) is 30.5 Å². The van der Waals surface area contributed by atoms with Crippen LogP contribution in [0.15, 0.2) is 24.3 Å². The molecule has 0 spiro atoms.